The fourth-order valence-corrected chi connectivity index (χ4v) is 3.57. The van der Waals surface area contributed by atoms with Crippen molar-refractivity contribution in [1.29, 1.82) is 0 Å². The molecule has 1 atom stereocenters. The topological polar surface area (TPSA) is 107 Å². The van der Waals surface area contributed by atoms with Gasteiger partial charge in [-0.3, -0.25) is 14.8 Å². The molecule has 150 valence electrons. The number of rotatable bonds is 7. The molecule has 0 saturated carbocycles. The summed E-state index contributed by atoms with van der Waals surface area (Å²) in [4.78, 5) is 22.9. The van der Waals surface area contributed by atoms with Gasteiger partial charge >= 0.3 is 0 Å². The zero-order chi connectivity index (χ0) is 20.1. The Kier molecular flexibility index (Phi) is 5.92. The summed E-state index contributed by atoms with van der Waals surface area (Å²) < 4.78 is 0. The van der Waals surface area contributed by atoms with Crippen LogP contribution in [0.4, 0.5) is 0 Å². The van der Waals surface area contributed by atoms with E-state index in [0.29, 0.717) is 13.0 Å². The Balaban J connectivity index is 1.27. The highest BCUT2D eigenvalue weighted by molar-refractivity contribution is 5.92. The molecule has 4 rings (SSSR count). The van der Waals surface area contributed by atoms with E-state index in [1.807, 2.05) is 12.1 Å². The molecular weight excluding hydrogens is 368 g/mol. The van der Waals surface area contributed by atoms with Crippen LogP contribution in [-0.4, -0.2) is 61.8 Å². The molecule has 0 unspecified atom stereocenters. The normalized spacial score (nSPS) is 14.9. The fraction of sp³-hybridized carbons (Fsp3) is 0.333. The molecule has 1 aliphatic rings. The summed E-state index contributed by atoms with van der Waals surface area (Å²) in [5.74, 6) is -0.318. The number of aliphatic hydroxyl groups is 1. The SMILES string of the molecule is O=C(NC[C@H](O)CN1CCc2ccccc2C1)c1cc(Cc2ccn[nH]2)ncn1. The zero-order valence-electron chi connectivity index (χ0n) is 16.1. The van der Waals surface area contributed by atoms with Crippen LogP contribution >= 0.6 is 0 Å². The molecule has 3 N–H and O–H groups in total. The van der Waals surface area contributed by atoms with Gasteiger partial charge in [-0.25, -0.2) is 9.97 Å². The maximum Gasteiger partial charge on any atom is 0.270 e. The second kappa shape index (κ2) is 8.93. The average Bonchev–Trinajstić information content (AvgIpc) is 3.25. The van der Waals surface area contributed by atoms with Crippen LogP contribution in [0.5, 0.6) is 0 Å². The first-order valence-electron chi connectivity index (χ1n) is 9.72. The van der Waals surface area contributed by atoms with Crippen LogP contribution < -0.4 is 5.32 Å². The number of aromatic amines is 1. The summed E-state index contributed by atoms with van der Waals surface area (Å²) in [6.07, 6.45) is 3.93. The Hall–Kier alpha value is -3.10. The molecule has 1 amide bonds. The van der Waals surface area contributed by atoms with Crippen LogP contribution in [0.3, 0.4) is 0 Å². The molecule has 2 aromatic heterocycles. The van der Waals surface area contributed by atoms with Crippen molar-refractivity contribution in [3.8, 4) is 0 Å². The fourth-order valence-electron chi connectivity index (χ4n) is 3.57. The quantitative estimate of drug-likeness (QED) is 0.552. The van der Waals surface area contributed by atoms with Crippen molar-refractivity contribution in [1.82, 2.24) is 30.4 Å². The van der Waals surface area contributed by atoms with Gasteiger partial charge in [-0.15, -0.1) is 0 Å². The number of carbonyl (C=O) groups is 1. The van der Waals surface area contributed by atoms with E-state index in [1.165, 1.54) is 17.5 Å². The smallest absolute Gasteiger partial charge is 0.270 e. The Labute approximate surface area is 169 Å². The maximum absolute atomic E-state index is 12.4. The zero-order valence-corrected chi connectivity index (χ0v) is 16.1. The number of nitrogens with zero attached hydrogens (tertiary/aromatic N) is 4. The lowest BCUT2D eigenvalue weighted by atomic mass is 10.00. The number of benzene rings is 1. The first-order valence-corrected chi connectivity index (χ1v) is 9.72. The van der Waals surface area contributed by atoms with Gasteiger partial charge in [0, 0.05) is 44.5 Å². The van der Waals surface area contributed by atoms with Gasteiger partial charge in [-0.1, -0.05) is 24.3 Å². The predicted molar refractivity (Wildman–Crippen MR) is 107 cm³/mol. The largest absolute Gasteiger partial charge is 0.390 e. The summed E-state index contributed by atoms with van der Waals surface area (Å²) in [5, 5.41) is 19.9. The van der Waals surface area contributed by atoms with Gasteiger partial charge in [0.05, 0.1) is 11.8 Å². The molecule has 3 aromatic rings. The molecule has 0 radical (unpaired) electrons. The highest BCUT2D eigenvalue weighted by Gasteiger charge is 2.19. The van der Waals surface area contributed by atoms with Crippen LogP contribution in [0.1, 0.15) is 33.0 Å². The number of aliphatic hydroxyl groups excluding tert-OH is 1. The highest BCUT2D eigenvalue weighted by atomic mass is 16.3. The van der Waals surface area contributed by atoms with Crippen molar-refractivity contribution >= 4 is 5.91 Å². The number of carbonyl (C=O) groups excluding carboxylic acids is 1. The molecule has 8 nitrogen and oxygen atoms in total. The number of H-pyrrole nitrogens is 1. The standard InChI is InChI=1S/C21H24N6O2/c28-19(13-27-8-6-15-3-1-2-4-16(15)12-27)11-22-21(29)20-10-18(23-14-24-20)9-17-5-7-25-26-17/h1-5,7,10,14,19,28H,6,8-9,11-13H2,(H,22,29)(H,25,26)/t19-/m0/s1. The highest BCUT2D eigenvalue weighted by Crippen LogP contribution is 2.18. The predicted octanol–water partition coefficient (Wildman–Crippen LogP) is 0.939. The van der Waals surface area contributed by atoms with E-state index in [-0.39, 0.29) is 18.1 Å². The Morgan fingerprint density at radius 2 is 2.10 bits per heavy atom. The van der Waals surface area contributed by atoms with Gasteiger partial charge in [0.25, 0.3) is 5.91 Å². The molecule has 0 aliphatic carbocycles. The lowest BCUT2D eigenvalue weighted by Crippen LogP contribution is -2.42. The number of nitrogens with one attached hydrogen (secondary N) is 2. The number of hydrogen-bond acceptors (Lipinski definition) is 6. The van der Waals surface area contributed by atoms with Crippen molar-refractivity contribution in [2.24, 2.45) is 0 Å². The summed E-state index contributed by atoms with van der Waals surface area (Å²) in [6, 6.07) is 11.9. The first-order chi connectivity index (χ1) is 14.2. The van der Waals surface area contributed by atoms with Gasteiger partial charge in [0.15, 0.2) is 0 Å². The molecule has 0 saturated heterocycles. The first kappa shape index (κ1) is 19.2. The molecule has 1 aliphatic heterocycles. The van der Waals surface area contributed by atoms with E-state index in [0.717, 1.165) is 30.9 Å². The summed E-state index contributed by atoms with van der Waals surface area (Å²) in [6.45, 7) is 2.43. The van der Waals surface area contributed by atoms with E-state index in [9.17, 15) is 9.90 Å². The third-order valence-electron chi connectivity index (χ3n) is 5.06. The number of fused-ring (bicyclic) bond motifs is 1. The third-order valence-corrected chi connectivity index (χ3v) is 5.06. The Bertz CT molecular complexity index is 959. The van der Waals surface area contributed by atoms with Crippen molar-refractivity contribution < 1.29 is 9.90 Å². The van der Waals surface area contributed by atoms with Crippen molar-refractivity contribution in [2.75, 3.05) is 19.6 Å². The molecule has 8 heteroatoms. The molecule has 0 bridgehead atoms. The minimum Gasteiger partial charge on any atom is -0.390 e. The van der Waals surface area contributed by atoms with Gasteiger partial charge < -0.3 is 10.4 Å². The van der Waals surface area contributed by atoms with Crippen LogP contribution in [0.15, 0.2) is 48.9 Å². The van der Waals surface area contributed by atoms with Crippen molar-refractivity contribution in [2.45, 2.75) is 25.5 Å². The van der Waals surface area contributed by atoms with E-state index < -0.39 is 6.10 Å². The molecular formula is C21H24N6O2. The Morgan fingerprint density at radius 3 is 2.93 bits per heavy atom. The van der Waals surface area contributed by atoms with E-state index in [1.54, 1.807) is 12.3 Å². The van der Waals surface area contributed by atoms with Gasteiger partial charge in [0.2, 0.25) is 0 Å². The van der Waals surface area contributed by atoms with Crippen LogP contribution in [-0.2, 0) is 19.4 Å². The monoisotopic (exact) mass is 392 g/mol. The van der Waals surface area contributed by atoms with Crippen LogP contribution in [0.25, 0.3) is 0 Å². The van der Waals surface area contributed by atoms with Gasteiger partial charge in [-0.05, 0) is 29.7 Å². The van der Waals surface area contributed by atoms with Crippen LogP contribution in [0, 0.1) is 0 Å². The average molecular weight is 392 g/mol. The molecule has 1 aromatic carbocycles. The van der Waals surface area contributed by atoms with Gasteiger partial charge in [0.1, 0.15) is 12.0 Å². The van der Waals surface area contributed by atoms with Gasteiger partial charge in [-0.2, -0.15) is 5.10 Å². The van der Waals surface area contributed by atoms with E-state index >= 15 is 0 Å². The minimum atomic E-state index is -0.643. The minimum absolute atomic E-state index is 0.177. The molecule has 0 spiro atoms. The van der Waals surface area contributed by atoms with Crippen molar-refractivity contribution in [3.05, 3.63) is 77.1 Å². The molecule has 3 heterocycles. The van der Waals surface area contributed by atoms with Crippen LogP contribution in [0.2, 0.25) is 0 Å². The Morgan fingerprint density at radius 1 is 1.24 bits per heavy atom. The third kappa shape index (κ3) is 5.04. The van der Waals surface area contributed by atoms with Crippen molar-refractivity contribution in [3.63, 3.8) is 0 Å². The summed E-state index contributed by atoms with van der Waals surface area (Å²) in [7, 11) is 0. The number of hydrogen-bond donors (Lipinski definition) is 3. The number of aromatic nitrogens is 4. The molecule has 29 heavy (non-hydrogen) atoms. The van der Waals surface area contributed by atoms with E-state index in [4.69, 9.17) is 0 Å². The number of β-amino-alcohol motifs (C(OH)–C–C–N with tert-alkyl or cyclic N) is 1. The maximum atomic E-state index is 12.4. The van der Waals surface area contributed by atoms with E-state index in [2.05, 4.69) is 48.6 Å². The summed E-state index contributed by atoms with van der Waals surface area (Å²) >= 11 is 0. The second-order valence-corrected chi connectivity index (χ2v) is 7.27. The molecule has 0 fully saturated rings. The lowest BCUT2D eigenvalue weighted by molar-refractivity contribution is 0.0838. The summed E-state index contributed by atoms with van der Waals surface area (Å²) in [5.41, 5.74) is 4.60. The second-order valence-electron chi connectivity index (χ2n) is 7.27. The lowest BCUT2D eigenvalue weighted by Gasteiger charge is -2.30. The number of amides is 1.